The Kier molecular flexibility index (Phi) is 6.68. The summed E-state index contributed by atoms with van der Waals surface area (Å²) in [7, 11) is 0. The van der Waals surface area contributed by atoms with Gasteiger partial charge in [-0.1, -0.05) is 60.7 Å². The molecule has 3 aromatic carbocycles. The van der Waals surface area contributed by atoms with Crippen molar-refractivity contribution in [3.05, 3.63) is 101 Å². The minimum absolute atomic E-state index is 0.139. The average Bonchev–Trinajstić information content (AvgIpc) is 3.78. The van der Waals surface area contributed by atoms with Gasteiger partial charge in [-0.25, -0.2) is 9.37 Å². The maximum absolute atomic E-state index is 14.2. The van der Waals surface area contributed by atoms with Crippen LogP contribution in [0, 0.1) is 11.7 Å². The maximum Gasteiger partial charge on any atom is 0.252 e. The molecule has 188 valence electrons. The Labute approximate surface area is 216 Å². The minimum atomic E-state index is -0.286. The number of hydrogen-bond acceptors (Lipinski definition) is 4. The molecule has 1 aromatic heterocycles. The van der Waals surface area contributed by atoms with E-state index in [1.165, 1.54) is 12.1 Å². The highest BCUT2D eigenvalue weighted by molar-refractivity contribution is 6.09. The van der Waals surface area contributed by atoms with E-state index in [9.17, 15) is 9.18 Å². The summed E-state index contributed by atoms with van der Waals surface area (Å²) in [6.07, 6.45) is 2.04. The number of para-hydroxylation sites is 1. The van der Waals surface area contributed by atoms with Crippen molar-refractivity contribution in [2.24, 2.45) is 5.92 Å². The Morgan fingerprint density at radius 2 is 1.76 bits per heavy atom. The molecule has 37 heavy (non-hydrogen) atoms. The van der Waals surface area contributed by atoms with E-state index < -0.39 is 0 Å². The van der Waals surface area contributed by atoms with Crippen LogP contribution < -0.4 is 5.32 Å². The zero-order valence-corrected chi connectivity index (χ0v) is 20.7. The molecule has 5 nitrogen and oxygen atoms in total. The second-order valence-corrected chi connectivity index (χ2v) is 9.93. The zero-order valence-electron chi connectivity index (χ0n) is 20.7. The molecule has 1 saturated heterocycles. The Morgan fingerprint density at radius 1 is 1.00 bits per heavy atom. The lowest BCUT2D eigenvalue weighted by molar-refractivity contribution is 0.0341. The average molecular weight is 496 g/mol. The van der Waals surface area contributed by atoms with Crippen LogP contribution in [0.4, 0.5) is 4.39 Å². The molecule has 6 heteroatoms. The number of amides is 1. The fourth-order valence-corrected chi connectivity index (χ4v) is 5.30. The molecular formula is C31H30FN3O2. The number of aromatic nitrogens is 1. The molecule has 2 fully saturated rings. The summed E-state index contributed by atoms with van der Waals surface area (Å²) in [5.74, 6) is -0.110. The summed E-state index contributed by atoms with van der Waals surface area (Å²) in [6.45, 7) is 3.55. The zero-order chi connectivity index (χ0) is 25.2. The van der Waals surface area contributed by atoms with Crippen LogP contribution in [0.5, 0.6) is 0 Å². The number of benzene rings is 3. The molecule has 1 N–H and O–H groups in total. The highest BCUT2D eigenvalue weighted by Gasteiger charge is 2.35. The number of fused-ring (bicyclic) bond motifs is 1. The Bertz CT molecular complexity index is 1410. The normalized spacial score (nSPS) is 17.0. The molecule has 0 bridgehead atoms. The quantitative estimate of drug-likeness (QED) is 0.355. The van der Waals surface area contributed by atoms with Crippen LogP contribution in [0.2, 0.25) is 0 Å². The van der Waals surface area contributed by atoms with Gasteiger partial charge < -0.3 is 10.1 Å². The van der Waals surface area contributed by atoms with Gasteiger partial charge in [0.2, 0.25) is 0 Å². The Hall–Kier alpha value is -3.61. The maximum atomic E-state index is 14.2. The molecule has 1 amide bonds. The number of carbonyl (C=O) groups is 1. The second-order valence-electron chi connectivity index (χ2n) is 9.93. The van der Waals surface area contributed by atoms with Crippen LogP contribution in [0.15, 0.2) is 78.9 Å². The SMILES string of the molecule is O=C(NC(c1cccc(F)c1)C1CC1)c1c(CN2CCOCC2)c(-c2ccccc2)nc2ccccc12. The van der Waals surface area contributed by atoms with E-state index in [1.807, 2.05) is 60.7 Å². The first-order valence-electron chi connectivity index (χ1n) is 13.0. The van der Waals surface area contributed by atoms with Gasteiger partial charge in [-0.2, -0.15) is 0 Å². The van der Waals surface area contributed by atoms with E-state index in [0.29, 0.717) is 31.2 Å². The number of rotatable bonds is 7. The summed E-state index contributed by atoms with van der Waals surface area (Å²) in [5, 5.41) is 4.14. The van der Waals surface area contributed by atoms with Crippen LogP contribution in [0.3, 0.4) is 0 Å². The highest BCUT2D eigenvalue weighted by Crippen LogP contribution is 2.42. The number of nitrogens with zero attached hydrogens (tertiary/aromatic N) is 2. The molecule has 1 aliphatic heterocycles. The van der Waals surface area contributed by atoms with Crippen molar-refractivity contribution in [2.45, 2.75) is 25.4 Å². The molecule has 1 unspecified atom stereocenters. The van der Waals surface area contributed by atoms with E-state index in [-0.39, 0.29) is 17.8 Å². The molecule has 1 saturated carbocycles. The fourth-order valence-electron chi connectivity index (χ4n) is 5.30. The van der Waals surface area contributed by atoms with E-state index in [2.05, 4.69) is 10.2 Å². The largest absolute Gasteiger partial charge is 0.379 e. The number of hydrogen-bond donors (Lipinski definition) is 1. The molecule has 6 rings (SSSR count). The molecule has 0 radical (unpaired) electrons. The summed E-state index contributed by atoms with van der Waals surface area (Å²) in [4.78, 5) is 21.6. The van der Waals surface area contributed by atoms with Crippen molar-refractivity contribution in [3.8, 4) is 11.3 Å². The molecular weight excluding hydrogens is 465 g/mol. The van der Waals surface area contributed by atoms with Gasteiger partial charge in [0.15, 0.2) is 0 Å². The first-order chi connectivity index (χ1) is 18.2. The fraction of sp³-hybridized carbons (Fsp3) is 0.290. The first-order valence-corrected chi connectivity index (χ1v) is 13.0. The van der Waals surface area contributed by atoms with Gasteiger partial charge in [-0.3, -0.25) is 9.69 Å². The predicted molar refractivity (Wildman–Crippen MR) is 143 cm³/mol. The smallest absolute Gasteiger partial charge is 0.252 e. The van der Waals surface area contributed by atoms with Crippen molar-refractivity contribution >= 4 is 16.8 Å². The van der Waals surface area contributed by atoms with Crippen LogP contribution >= 0.6 is 0 Å². The predicted octanol–water partition coefficient (Wildman–Crippen LogP) is 5.75. The number of nitrogens with one attached hydrogen (secondary N) is 1. The summed E-state index contributed by atoms with van der Waals surface area (Å²) in [5.41, 5.74) is 4.97. The number of pyridine rings is 1. The van der Waals surface area contributed by atoms with Crippen molar-refractivity contribution in [2.75, 3.05) is 26.3 Å². The van der Waals surface area contributed by atoms with Crippen molar-refractivity contribution < 1.29 is 13.9 Å². The van der Waals surface area contributed by atoms with E-state index >= 15 is 0 Å². The topological polar surface area (TPSA) is 54.5 Å². The van der Waals surface area contributed by atoms with Crippen LogP contribution in [0.25, 0.3) is 22.2 Å². The Balaban J connectivity index is 1.48. The highest BCUT2D eigenvalue weighted by atomic mass is 19.1. The lowest BCUT2D eigenvalue weighted by Crippen LogP contribution is -2.37. The van der Waals surface area contributed by atoms with E-state index in [1.54, 1.807) is 6.07 Å². The summed E-state index contributed by atoms with van der Waals surface area (Å²) < 4.78 is 19.7. The monoisotopic (exact) mass is 495 g/mol. The van der Waals surface area contributed by atoms with Crippen LogP contribution in [-0.2, 0) is 11.3 Å². The van der Waals surface area contributed by atoms with Gasteiger partial charge in [-0.15, -0.1) is 0 Å². The van der Waals surface area contributed by atoms with Gasteiger partial charge in [0, 0.05) is 36.1 Å². The molecule has 1 atom stereocenters. The molecule has 2 aliphatic rings. The van der Waals surface area contributed by atoms with Crippen molar-refractivity contribution in [3.63, 3.8) is 0 Å². The second kappa shape index (κ2) is 10.4. The van der Waals surface area contributed by atoms with Gasteiger partial charge in [0.1, 0.15) is 5.82 Å². The number of carbonyl (C=O) groups excluding carboxylic acids is 1. The molecule has 0 spiro atoms. The van der Waals surface area contributed by atoms with Gasteiger partial charge in [0.05, 0.1) is 36.0 Å². The van der Waals surface area contributed by atoms with E-state index in [4.69, 9.17) is 9.72 Å². The number of ether oxygens (including phenoxy) is 1. The number of morpholine rings is 1. The molecule has 1 aliphatic carbocycles. The van der Waals surface area contributed by atoms with Gasteiger partial charge in [0.25, 0.3) is 5.91 Å². The van der Waals surface area contributed by atoms with Gasteiger partial charge >= 0.3 is 0 Å². The first kappa shape index (κ1) is 23.8. The standard InChI is InChI=1S/C31H30FN3O2/c32-24-10-6-9-23(19-24)29(22-13-14-22)34-31(36)28-25-11-4-5-12-27(25)33-30(21-7-2-1-3-8-21)26(28)20-35-15-17-37-18-16-35/h1-12,19,22,29H,13-18,20H2,(H,34,36). The lowest BCUT2D eigenvalue weighted by Gasteiger charge is -2.29. The van der Waals surface area contributed by atoms with Gasteiger partial charge in [-0.05, 0) is 42.5 Å². The van der Waals surface area contributed by atoms with Crippen LogP contribution in [-0.4, -0.2) is 42.1 Å². The molecule has 2 heterocycles. The van der Waals surface area contributed by atoms with Crippen molar-refractivity contribution in [1.82, 2.24) is 15.2 Å². The minimum Gasteiger partial charge on any atom is -0.379 e. The third-order valence-electron chi connectivity index (χ3n) is 7.34. The number of halogens is 1. The lowest BCUT2D eigenvalue weighted by atomic mass is 9.94. The van der Waals surface area contributed by atoms with Crippen molar-refractivity contribution in [1.29, 1.82) is 0 Å². The Morgan fingerprint density at radius 3 is 2.51 bits per heavy atom. The molecule has 4 aromatic rings. The third kappa shape index (κ3) is 5.13. The summed E-state index contributed by atoms with van der Waals surface area (Å²) >= 11 is 0. The summed E-state index contributed by atoms with van der Waals surface area (Å²) in [6, 6.07) is 24.3. The van der Waals surface area contributed by atoms with E-state index in [0.717, 1.165) is 59.2 Å². The van der Waals surface area contributed by atoms with Crippen LogP contribution in [0.1, 0.15) is 40.4 Å². The third-order valence-corrected chi connectivity index (χ3v) is 7.34.